The van der Waals surface area contributed by atoms with E-state index in [-0.39, 0.29) is 23.8 Å². The number of nitrogens with one attached hydrogen (secondary N) is 2. The van der Waals surface area contributed by atoms with E-state index in [1.54, 1.807) is 36.3 Å². The van der Waals surface area contributed by atoms with E-state index in [9.17, 15) is 14.4 Å². The van der Waals surface area contributed by atoms with Crippen LogP contribution in [0.3, 0.4) is 0 Å². The van der Waals surface area contributed by atoms with Gasteiger partial charge in [0.05, 0.1) is 7.11 Å². The molecule has 0 radical (unpaired) electrons. The van der Waals surface area contributed by atoms with Gasteiger partial charge in [-0.3, -0.25) is 14.4 Å². The molecule has 3 amide bonds. The maximum atomic E-state index is 12.7. The second-order valence-corrected chi connectivity index (χ2v) is 7.34. The maximum Gasteiger partial charge on any atom is 0.251 e. The minimum atomic E-state index is -0.499. The van der Waals surface area contributed by atoms with Crippen LogP contribution in [0.2, 0.25) is 0 Å². The minimum Gasteiger partial charge on any atom is -0.497 e. The molecule has 2 aliphatic heterocycles. The quantitative estimate of drug-likeness (QED) is 0.819. The van der Waals surface area contributed by atoms with Gasteiger partial charge >= 0.3 is 0 Å². The molecule has 3 rings (SSSR count). The van der Waals surface area contributed by atoms with Gasteiger partial charge in [0.2, 0.25) is 11.8 Å². The SMILES string of the molecule is COc1cccc(C(=O)N[C@H]2C[C@H]3C(=O)N[C@H](CC(C)C)C(=O)N3C2)c1. The highest BCUT2D eigenvalue weighted by atomic mass is 16.5. The van der Waals surface area contributed by atoms with E-state index in [1.807, 2.05) is 13.8 Å². The predicted octanol–water partition coefficient (Wildman–Crippen LogP) is 0.939. The Kier molecular flexibility index (Phi) is 5.15. The summed E-state index contributed by atoms with van der Waals surface area (Å²) >= 11 is 0. The molecule has 140 valence electrons. The molecular formula is C19H25N3O4. The molecule has 3 atom stereocenters. The first-order chi connectivity index (χ1) is 12.4. The second kappa shape index (κ2) is 7.35. The van der Waals surface area contributed by atoms with E-state index < -0.39 is 12.1 Å². The van der Waals surface area contributed by atoms with E-state index in [0.717, 1.165) is 0 Å². The van der Waals surface area contributed by atoms with Crippen molar-refractivity contribution >= 4 is 17.7 Å². The number of benzene rings is 1. The molecule has 7 heteroatoms. The topological polar surface area (TPSA) is 87.7 Å². The summed E-state index contributed by atoms with van der Waals surface area (Å²) < 4.78 is 5.14. The molecule has 2 saturated heterocycles. The van der Waals surface area contributed by atoms with Crippen molar-refractivity contribution in [3.8, 4) is 5.75 Å². The molecular weight excluding hydrogens is 334 g/mol. The Bertz CT molecular complexity index is 718. The van der Waals surface area contributed by atoms with E-state index >= 15 is 0 Å². The maximum absolute atomic E-state index is 12.7. The monoisotopic (exact) mass is 359 g/mol. The third-order valence-corrected chi connectivity index (χ3v) is 4.88. The Morgan fingerprint density at radius 2 is 2.15 bits per heavy atom. The summed E-state index contributed by atoms with van der Waals surface area (Å²) in [5.41, 5.74) is 0.489. The smallest absolute Gasteiger partial charge is 0.251 e. The lowest BCUT2D eigenvalue weighted by Gasteiger charge is -2.35. The van der Waals surface area contributed by atoms with Crippen LogP contribution < -0.4 is 15.4 Å². The number of hydrogen-bond acceptors (Lipinski definition) is 4. The highest BCUT2D eigenvalue weighted by Crippen LogP contribution is 2.25. The number of ether oxygens (including phenoxy) is 1. The average Bonchev–Trinajstić information content (AvgIpc) is 3.03. The van der Waals surface area contributed by atoms with Gasteiger partial charge in [0, 0.05) is 18.2 Å². The van der Waals surface area contributed by atoms with Gasteiger partial charge in [-0.1, -0.05) is 19.9 Å². The standard InChI is InChI=1S/C19H25N3O4/c1-11(2)7-15-19(25)22-10-13(9-16(22)18(24)21-15)20-17(23)12-5-4-6-14(8-12)26-3/h4-6,8,11,13,15-16H,7,9-10H2,1-3H3,(H,20,23)(H,21,24)/t13-,15+,16-/m0/s1. The number of piperazine rings is 1. The number of amides is 3. The summed E-state index contributed by atoms with van der Waals surface area (Å²) in [6.07, 6.45) is 1.05. The first-order valence-electron chi connectivity index (χ1n) is 8.94. The highest BCUT2D eigenvalue weighted by Gasteiger charge is 2.46. The zero-order valence-corrected chi connectivity index (χ0v) is 15.3. The van der Waals surface area contributed by atoms with Crippen molar-refractivity contribution in [1.29, 1.82) is 0 Å². The van der Waals surface area contributed by atoms with Crippen LogP contribution in [-0.4, -0.2) is 54.4 Å². The molecule has 1 aromatic rings. The van der Waals surface area contributed by atoms with E-state index in [4.69, 9.17) is 4.74 Å². The van der Waals surface area contributed by atoms with Crippen LogP contribution >= 0.6 is 0 Å². The molecule has 0 aliphatic carbocycles. The van der Waals surface area contributed by atoms with Gasteiger partial charge in [0.25, 0.3) is 5.91 Å². The fraction of sp³-hybridized carbons (Fsp3) is 0.526. The Hall–Kier alpha value is -2.57. The highest BCUT2D eigenvalue weighted by molar-refractivity contribution is 5.98. The van der Waals surface area contributed by atoms with Gasteiger partial charge in [0.1, 0.15) is 17.8 Å². The molecule has 0 spiro atoms. The lowest BCUT2D eigenvalue weighted by Crippen LogP contribution is -2.61. The Morgan fingerprint density at radius 3 is 2.85 bits per heavy atom. The van der Waals surface area contributed by atoms with Gasteiger partial charge in [-0.25, -0.2) is 0 Å². The summed E-state index contributed by atoms with van der Waals surface area (Å²) in [6, 6.07) is 5.67. The number of nitrogens with zero attached hydrogens (tertiary/aromatic N) is 1. The molecule has 2 aliphatic rings. The zero-order valence-electron chi connectivity index (χ0n) is 15.3. The van der Waals surface area contributed by atoms with Gasteiger partial charge in [-0.15, -0.1) is 0 Å². The second-order valence-electron chi connectivity index (χ2n) is 7.34. The van der Waals surface area contributed by atoms with E-state index in [1.165, 1.54) is 0 Å². The Labute approximate surface area is 153 Å². The van der Waals surface area contributed by atoms with Gasteiger partial charge in [-0.2, -0.15) is 0 Å². The molecule has 7 nitrogen and oxygen atoms in total. The van der Waals surface area contributed by atoms with Crippen molar-refractivity contribution in [2.75, 3.05) is 13.7 Å². The normalized spacial score (nSPS) is 25.1. The largest absolute Gasteiger partial charge is 0.497 e. The van der Waals surface area contributed by atoms with Crippen LogP contribution in [0.15, 0.2) is 24.3 Å². The number of hydrogen-bond donors (Lipinski definition) is 2. The molecule has 0 aromatic heterocycles. The summed E-state index contributed by atoms with van der Waals surface area (Å²) in [6.45, 7) is 4.40. The molecule has 26 heavy (non-hydrogen) atoms. The number of carbonyl (C=O) groups is 3. The first-order valence-corrected chi connectivity index (χ1v) is 8.94. The van der Waals surface area contributed by atoms with Crippen molar-refractivity contribution in [2.24, 2.45) is 5.92 Å². The average molecular weight is 359 g/mol. The Morgan fingerprint density at radius 1 is 1.38 bits per heavy atom. The van der Waals surface area contributed by atoms with E-state index in [2.05, 4.69) is 10.6 Å². The summed E-state index contributed by atoms with van der Waals surface area (Å²) in [4.78, 5) is 39.1. The van der Waals surface area contributed by atoms with Gasteiger partial charge < -0.3 is 20.3 Å². The van der Waals surface area contributed by atoms with Crippen molar-refractivity contribution < 1.29 is 19.1 Å². The lowest BCUT2D eigenvalue weighted by atomic mass is 9.99. The van der Waals surface area contributed by atoms with Crippen LogP contribution in [0.5, 0.6) is 5.75 Å². The van der Waals surface area contributed by atoms with Crippen molar-refractivity contribution in [1.82, 2.24) is 15.5 Å². The fourth-order valence-corrected chi connectivity index (χ4v) is 3.63. The van der Waals surface area contributed by atoms with Crippen LogP contribution in [0.25, 0.3) is 0 Å². The molecule has 0 saturated carbocycles. The van der Waals surface area contributed by atoms with Gasteiger partial charge in [0.15, 0.2) is 0 Å². The first kappa shape index (κ1) is 18.2. The molecule has 0 unspecified atom stereocenters. The number of carbonyl (C=O) groups excluding carboxylic acids is 3. The number of methoxy groups -OCH3 is 1. The zero-order chi connectivity index (χ0) is 18.8. The molecule has 1 aromatic carbocycles. The molecule has 2 fully saturated rings. The number of rotatable bonds is 5. The molecule has 2 N–H and O–H groups in total. The molecule has 0 bridgehead atoms. The Balaban J connectivity index is 1.66. The summed E-state index contributed by atoms with van der Waals surface area (Å²) in [5, 5.41) is 5.76. The van der Waals surface area contributed by atoms with Crippen molar-refractivity contribution in [3.05, 3.63) is 29.8 Å². The molecule has 2 heterocycles. The van der Waals surface area contributed by atoms with Gasteiger partial charge in [-0.05, 0) is 37.0 Å². The predicted molar refractivity (Wildman–Crippen MR) is 95.8 cm³/mol. The number of fused-ring (bicyclic) bond motifs is 1. The van der Waals surface area contributed by atoms with Crippen molar-refractivity contribution in [3.63, 3.8) is 0 Å². The third kappa shape index (κ3) is 3.66. The van der Waals surface area contributed by atoms with Crippen LogP contribution in [-0.2, 0) is 9.59 Å². The van der Waals surface area contributed by atoms with Crippen molar-refractivity contribution in [2.45, 2.75) is 44.8 Å². The van der Waals surface area contributed by atoms with Crippen LogP contribution in [0.4, 0.5) is 0 Å². The third-order valence-electron chi connectivity index (χ3n) is 4.88. The van der Waals surface area contributed by atoms with E-state index in [0.29, 0.717) is 36.6 Å². The minimum absolute atomic E-state index is 0.0542. The fourth-order valence-electron chi connectivity index (χ4n) is 3.63. The van der Waals surface area contributed by atoms with Crippen LogP contribution in [0, 0.1) is 5.92 Å². The summed E-state index contributed by atoms with van der Waals surface area (Å²) in [5.74, 6) is 0.495. The summed E-state index contributed by atoms with van der Waals surface area (Å²) in [7, 11) is 1.55. The lowest BCUT2D eigenvalue weighted by molar-refractivity contribution is -0.147. The van der Waals surface area contributed by atoms with Crippen LogP contribution in [0.1, 0.15) is 37.0 Å².